The molecule has 0 N–H and O–H groups in total. The molecule has 2 heteroatoms. The maximum Gasteiger partial charge on any atom is 0.121 e. The summed E-state index contributed by atoms with van der Waals surface area (Å²) in [4.78, 5) is 0. The van der Waals surface area contributed by atoms with Crippen LogP contribution in [0.5, 0.6) is 5.75 Å². The second kappa shape index (κ2) is 10.2. The molecule has 0 bridgehead atoms. The van der Waals surface area contributed by atoms with Crippen LogP contribution < -0.4 is 9.92 Å². The normalized spacial score (nSPS) is 14.0. The molecule has 0 aliphatic heterocycles. The Morgan fingerprint density at radius 3 is 2.23 bits per heavy atom. The average molecular weight is 371 g/mol. The highest BCUT2D eigenvalue weighted by Gasteiger charge is 2.32. The Morgan fingerprint density at radius 2 is 1.65 bits per heavy atom. The highest BCUT2D eigenvalue weighted by molar-refractivity contribution is 6.96. The standard InChI is InChI=1S/C24H38OSi/c1-6-8-10-14-20-18-21(15-11-9-7-2)24(25-3)23(19-20)26(4,5)22-16-12-13-17-22/h12-13,16,18-19H,6-11,14-15,17H2,1-5H3. The molecule has 2 rings (SSSR count). The van der Waals surface area contributed by atoms with E-state index in [0.29, 0.717) is 0 Å². The number of hydrogen-bond acceptors (Lipinski definition) is 1. The third-order valence-electron chi connectivity index (χ3n) is 5.80. The van der Waals surface area contributed by atoms with Gasteiger partial charge in [-0.2, -0.15) is 0 Å². The molecular weight excluding hydrogens is 332 g/mol. The zero-order valence-corrected chi connectivity index (χ0v) is 18.7. The van der Waals surface area contributed by atoms with Gasteiger partial charge < -0.3 is 4.74 Å². The van der Waals surface area contributed by atoms with Crippen LogP contribution in [0.25, 0.3) is 0 Å². The fourth-order valence-electron chi connectivity index (χ4n) is 4.02. The van der Waals surface area contributed by atoms with E-state index < -0.39 is 8.07 Å². The van der Waals surface area contributed by atoms with Crippen molar-refractivity contribution in [2.75, 3.05) is 7.11 Å². The van der Waals surface area contributed by atoms with Crippen molar-refractivity contribution in [1.82, 2.24) is 0 Å². The van der Waals surface area contributed by atoms with Crippen molar-refractivity contribution in [3.8, 4) is 5.75 Å². The van der Waals surface area contributed by atoms with E-state index >= 15 is 0 Å². The first-order chi connectivity index (χ1) is 12.5. The maximum atomic E-state index is 6.02. The zero-order chi connectivity index (χ0) is 19.0. The predicted octanol–water partition coefficient (Wildman–Crippen LogP) is 6.50. The first-order valence-electron chi connectivity index (χ1n) is 10.6. The summed E-state index contributed by atoms with van der Waals surface area (Å²) in [5, 5.41) is 3.14. The van der Waals surface area contributed by atoms with E-state index in [-0.39, 0.29) is 0 Å². The summed E-state index contributed by atoms with van der Waals surface area (Å²) >= 11 is 0. The fourth-order valence-corrected chi connectivity index (χ4v) is 6.88. The van der Waals surface area contributed by atoms with Gasteiger partial charge >= 0.3 is 0 Å². The average Bonchev–Trinajstić information content (AvgIpc) is 3.17. The van der Waals surface area contributed by atoms with E-state index in [1.807, 2.05) is 7.11 Å². The first kappa shape index (κ1) is 21.0. The molecule has 0 saturated carbocycles. The molecule has 0 amide bonds. The number of allylic oxidation sites excluding steroid dienone is 4. The molecule has 0 spiro atoms. The number of hydrogen-bond donors (Lipinski definition) is 0. The van der Waals surface area contributed by atoms with Gasteiger partial charge in [0.25, 0.3) is 0 Å². The van der Waals surface area contributed by atoms with Crippen LogP contribution in [-0.4, -0.2) is 15.2 Å². The van der Waals surface area contributed by atoms with E-state index in [9.17, 15) is 0 Å². The molecule has 0 aromatic heterocycles. The smallest absolute Gasteiger partial charge is 0.121 e. The van der Waals surface area contributed by atoms with Crippen LogP contribution in [0.2, 0.25) is 13.1 Å². The molecule has 0 saturated heterocycles. The van der Waals surface area contributed by atoms with Crippen LogP contribution in [0.1, 0.15) is 69.9 Å². The number of rotatable bonds is 11. The van der Waals surface area contributed by atoms with Crippen LogP contribution in [0.4, 0.5) is 0 Å². The largest absolute Gasteiger partial charge is 0.497 e. The summed E-state index contributed by atoms with van der Waals surface area (Å²) in [6.45, 7) is 9.55. The molecule has 0 unspecified atom stereocenters. The lowest BCUT2D eigenvalue weighted by molar-refractivity contribution is 0.412. The molecule has 1 aliphatic rings. The van der Waals surface area contributed by atoms with Gasteiger partial charge in [-0.25, -0.2) is 0 Å². The van der Waals surface area contributed by atoms with Crippen molar-refractivity contribution in [3.05, 3.63) is 46.7 Å². The van der Waals surface area contributed by atoms with Crippen LogP contribution in [-0.2, 0) is 12.8 Å². The summed E-state index contributed by atoms with van der Waals surface area (Å²) in [6, 6.07) is 4.93. The molecule has 0 fully saturated rings. The number of aryl methyl sites for hydroxylation is 2. The minimum absolute atomic E-state index is 1.12. The second-order valence-electron chi connectivity index (χ2n) is 8.20. The lowest BCUT2D eigenvalue weighted by atomic mass is 10.00. The van der Waals surface area contributed by atoms with Crippen LogP contribution >= 0.6 is 0 Å². The predicted molar refractivity (Wildman–Crippen MR) is 118 cm³/mol. The summed E-state index contributed by atoms with van der Waals surface area (Å²) in [7, 11) is 0.170. The fraction of sp³-hybridized carbons (Fsp3) is 0.583. The zero-order valence-electron chi connectivity index (χ0n) is 17.7. The van der Waals surface area contributed by atoms with Gasteiger partial charge in [0.15, 0.2) is 0 Å². The third kappa shape index (κ3) is 5.13. The summed E-state index contributed by atoms with van der Waals surface area (Å²) in [5.41, 5.74) is 2.96. The highest BCUT2D eigenvalue weighted by Crippen LogP contribution is 2.30. The van der Waals surface area contributed by atoms with Crippen molar-refractivity contribution >= 4 is 13.3 Å². The lowest BCUT2D eigenvalue weighted by Gasteiger charge is -2.29. The van der Waals surface area contributed by atoms with E-state index in [1.165, 1.54) is 67.0 Å². The number of benzene rings is 1. The molecule has 144 valence electrons. The van der Waals surface area contributed by atoms with Gasteiger partial charge in [0.2, 0.25) is 0 Å². The Morgan fingerprint density at radius 1 is 0.962 bits per heavy atom. The van der Waals surface area contributed by atoms with E-state index in [4.69, 9.17) is 4.74 Å². The Hall–Kier alpha value is -1.28. The molecule has 1 nitrogen and oxygen atoms in total. The molecule has 0 heterocycles. The van der Waals surface area contributed by atoms with Gasteiger partial charge in [0.05, 0.1) is 7.11 Å². The van der Waals surface area contributed by atoms with Gasteiger partial charge in [0.1, 0.15) is 13.8 Å². The Kier molecular flexibility index (Phi) is 8.21. The van der Waals surface area contributed by atoms with E-state index in [0.717, 1.165) is 12.8 Å². The van der Waals surface area contributed by atoms with Crippen LogP contribution in [0.15, 0.2) is 35.6 Å². The van der Waals surface area contributed by atoms with E-state index in [2.05, 4.69) is 57.3 Å². The van der Waals surface area contributed by atoms with Gasteiger partial charge in [-0.15, -0.1) is 0 Å². The van der Waals surface area contributed by atoms with Gasteiger partial charge in [-0.1, -0.05) is 88.2 Å². The summed E-state index contributed by atoms with van der Waals surface area (Å²) in [6.07, 6.45) is 18.1. The van der Waals surface area contributed by atoms with Gasteiger partial charge in [0, 0.05) is 0 Å². The van der Waals surface area contributed by atoms with Crippen molar-refractivity contribution in [2.45, 2.75) is 84.7 Å². The molecule has 26 heavy (non-hydrogen) atoms. The van der Waals surface area contributed by atoms with Crippen molar-refractivity contribution in [1.29, 1.82) is 0 Å². The first-order valence-corrected chi connectivity index (χ1v) is 13.6. The summed E-state index contributed by atoms with van der Waals surface area (Å²) < 4.78 is 6.02. The lowest BCUT2D eigenvalue weighted by Crippen LogP contribution is -2.45. The molecule has 0 radical (unpaired) electrons. The second-order valence-corrected chi connectivity index (χ2v) is 12.6. The SMILES string of the molecule is CCCCCc1cc(CCCCC)c(OC)c([Si](C)(C)C2=CC=CC2)c1. The third-order valence-corrected chi connectivity index (χ3v) is 9.49. The molecule has 1 aromatic carbocycles. The number of ether oxygens (including phenoxy) is 1. The molecular formula is C24H38OSi. The van der Waals surface area contributed by atoms with Crippen LogP contribution in [0.3, 0.4) is 0 Å². The highest BCUT2D eigenvalue weighted by atomic mass is 28.3. The Bertz CT molecular complexity index is 640. The molecule has 1 aliphatic carbocycles. The topological polar surface area (TPSA) is 9.23 Å². The monoisotopic (exact) mass is 370 g/mol. The Balaban J connectivity index is 2.41. The van der Waals surface area contributed by atoms with Crippen molar-refractivity contribution in [2.24, 2.45) is 0 Å². The van der Waals surface area contributed by atoms with E-state index in [1.54, 1.807) is 5.20 Å². The van der Waals surface area contributed by atoms with Gasteiger partial charge in [-0.3, -0.25) is 0 Å². The number of unbranched alkanes of at least 4 members (excludes halogenated alkanes) is 4. The molecule has 1 aromatic rings. The van der Waals surface area contributed by atoms with Crippen LogP contribution in [0, 0.1) is 0 Å². The molecule has 0 atom stereocenters. The Labute approximate surface area is 162 Å². The minimum atomic E-state index is -1.70. The van der Waals surface area contributed by atoms with Crippen molar-refractivity contribution < 1.29 is 4.74 Å². The number of methoxy groups -OCH3 is 1. The van der Waals surface area contributed by atoms with Crippen molar-refractivity contribution in [3.63, 3.8) is 0 Å². The van der Waals surface area contributed by atoms with Gasteiger partial charge in [-0.05, 0) is 48.4 Å². The quantitative estimate of drug-likeness (QED) is 0.319. The maximum absolute atomic E-state index is 6.02. The summed E-state index contributed by atoms with van der Waals surface area (Å²) in [5.74, 6) is 1.19. The minimum Gasteiger partial charge on any atom is -0.497 e.